The van der Waals surface area contributed by atoms with Gasteiger partial charge in [0, 0.05) is 38.7 Å². The third-order valence-electron chi connectivity index (χ3n) is 4.52. The summed E-state index contributed by atoms with van der Waals surface area (Å²) >= 11 is 0. The number of methoxy groups -OCH3 is 1. The fourth-order valence-electron chi connectivity index (χ4n) is 3.11. The number of carbonyl (C=O) groups excluding carboxylic acids is 2. The van der Waals surface area contributed by atoms with E-state index in [9.17, 15) is 9.59 Å². The number of carbonyl (C=O) groups is 2. The fourth-order valence-corrected chi connectivity index (χ4v) is 3.11. The van der Waals surface area contributed by atoms with E-state index >= 15 is 0 Å². The number of likely N-dealkylation sites (tertiary alicyclic amines) is 1. The number of nitrogens with zero attached hydrogens (tertiary/aromatic N) is 1. The van der Waals surface area contributed by atoms with E-state index in [0.717, 1.165) is 29.7 Å². The van der Waals surface area contributed by atoms with Crippen molar-refractivity contribution in [1.82, 2.24) is 10.2 Å². The lowest BCUT2D eigenvalue weighted by atomic mass is 10.1. The third kappa shape index (κ3) is 4.70. The summed E-state index contributed by atoms with van der Waals surface area (Å²) < 4.78 is 5.09. The standard InChI is InChI=1S/C21H24N2O3/c1-26-15-17-9-7-16(8-10-17)13-22-21(25)19-5-2-4-18(12-19)14-23-11-3-6-20(23)24/h2,4-5,7-10,12H,3,6,11,13-15H2,1H3,(H,22,25). The Morgan fingerprint density at radius 2 is 1.88 bits per heavy atom. The van der Waals surface area contributed by atoms with Gasteiger partial charge in [0.1, 0.15) is 0 Å². The number of hydrogen-bond acceptors (Lipinski definition) is 3. The Morgan fingerprint density at radius 3 is 2.58 bits per heavy atom. The molecule has 0 aromatic heterocycles. The summed E-state index contributed by atoms with van der Waals surface area (Å²) in [6.45, 7) is 2.43. The van der Waals surface area contributed by atoms with Crippen LogP contribution in [0.2, 0.25) is 0 Å². The Balaban J connectivity index is 1.57. The molecular formula is C21H24N2O3. The van der Waals surface area contributed by atoms with E-state index in [0.29, 0.717) is 31.7 Å². The molecule has 1 aliphatic rings. The van der Waals surface area contributed by atoms with Crippen LogP contribution in [0, 0.1) is 0 Å². The summed E-state index contributed by atoms with van der Waals surface area (Å²) in [7, 11) is 1.67. The quantitative estimate of drug-likeness (QED) is 0.834. The summed E-state index contributed by atoms with van der Waals surface area (Å²) in [5.74, 6) is 0.0809. The van der Waals surface area contributed by atoms with Crippen LogP contribution in [0.5, 0.6) is 0 Å². The lowest BCUT2D eigenvalue weighted by Gasteiger charge is -2.16. The Bertz CT molecular complexity index is 771. The smallest absolute Gasteiger partial charge is 0.251 e. The molecule has 1 N–H and O–H groups in total. The highest BCUT2D eigenvalue weighted by molar-refractivity contribution is 5.94. The van der Waals surface area contributed by atoms with Gasteiger partial charge in [-0.15, -0.1) is 0 Å². The minimum atomic E-state index is -0.111. The zero-order valence-corrected chi connectivity index (χ0v) is 15.0. The van der Waals surface area contributed by atoms with Gasteiger partial charge in [0.15, 0.2) is 0 Å². The van der Waals surface area contributed by atoms with Crippen LogP contribution in [-0.2, 0) is 29.2 Å². The van der Waals surface area contributed by atoms with Crippen LogP contribution in [-0.4, -0.2) is 30.4 Å². The van der Waals surface area contributed by atoms with Crippen LogP contribution < -0.4 is 5.32 Å². The number of nitrogens with one attached hydrogen (secondary N) is 1. The molecule has 5 heteroatoms. The maximum absolute atomic E-state index is 12.4. The van der Waals surface area contributed by atoms with Crippen molar-refractivity contribution >= 4 is 11.8 Å². The molecule has 0 atom stereocenters. The molecule has 136 valence electrons. The largest absolute Gasteiger partial charge is 0.380 e. The average molecular weight is 352 g/mol. The molecular weight excluding hydrogens is 328 g/mol. The van der Waals surface area contributed by atoms with Gasteiger partial charge in [0.05, 0.1) is 6.61 Å². The van der Waals surface area contributed by atoms with E-state index in [1.165, 1.54) is 0 Å². The Kier molecular flexibility index (Phi) is 6.02. The molecule has 0 radical (unpaired) electrons. The van der Waals surface area contributed by atoms with Gasteiger partial charge in [0.2, 0.25) is 5.91 Å². The van der Waals surface area contributed by atoms with Crippen molar-refractivity contribution in [2.45, 2.75) is 32.5 Å². The van der Waals surface area contributed by atoms with Crippen molar-refractivity contribution in [1.29, 1.82) is 0 Å². The third-order valence-corrected chi connectivity index (χ3v) is 4.52. The van der Waals surface area contributed by atoms with Crippen LogP contribution in [0.3, 0.4) is 0 Å². The van der Waals surface area contributed by atoms with Crippen LogP contribution in [0.15, 0.2) is 48.5 Å². The number of amides is 2. The SMILES string of the molecule is COCc1ccc(CNC(=O)c2cccc(CN3CCCC3=O)c2)cc1. The van der Waals surface area contributed by atoms with Crippen LogP contribution in [0.25, 0.3) is 0 Å². The highest BCUT2D eigenvalue weighted by Crippen LogP contribution is 2.15. The van der Waals surface area contributed by atoms with Crippen molar-refractivity contribution < 1.29 is 14.3 Å². The number of hydrogen-bond donors (Lipinski definition) is 1. The van der Waals surface area contributed by atoms with E-state index in [1.807, 2.05) is 47.4 Å². The minimum absolute atomic E-state index is 0.111. The van der Waals surface area contributed by atoms with Gasteiger partial charge in [-0.1, -0.05) is 36.4 Å². The van der Waals surface area contributed by atoms with E-state index in [4.69, 9.17) is 4.74 Å². The second-order valence-corrected chi connectivity index (χ2v) is 6.55. The monoisotopic (exact) mass is 352 g/mol. The first-order valence-electron chi connectivity index (χ1n) is 8.87. The highest BCUT2D eigenvalue weighted by Gasteiger charge is 2.20. The van der Waals surface area contributed by atoms with E-state index in [2.05, 4.69) is 5.32 Å². The Labute approximate surface area is 154 Å². The van der Waals surface area contributed by atoms with E-state index in [-0.39, 0.29) is 11.8 Å². The molecule has 0 spiro atoms. The van der Waals surface area contributed by atoms with Crippen LogP contribution in [0.1, 0.15) is 39.9 Å². The molecule has 0 unspecified atom stereocenters. The normalized spacial score (nSPS) is 13.9. The lowest BCUT2D eigenvalue weighted by Crippen LogP contribution is -2.25. The van der Waals surface area contributed by atoms with Gasteiger partial charge < -0.3 is 15.0 Å². The predicted molar refractivity (Wildman–Crippen MR) is 99.4 cm³/mol. The first-order valence-corrected chi connectivity index (χ1v) is 8.87. The summed E-state index contributed by atoms with van der Waals surface area (Å²) in [6, 6.07) is 15.5. The van der Waals surface area contributed by atoms with E-state index in [1.54, 1.807) is 13.2 Å². The summed E-state index contributed by atoms with van der Waals surface area (Å²) in [5.41, 5.74) is 3.74. The Morgan fingerprint density at radius 1 is 1.12 bits per heavy atom. The Hall–Kier alpha value is -2.66. The molecule has 2 aromatic rings. The van der Waals surface area contributed by atoms with Crippen molar-refractivity contribution in [3.8, 4) is 0 Å². The number of ether oxygens (including phenoxy) is 1. The molecule has 1 saturated heterocycles. The molecule has 1 heterocycles. The molecule has 26 heavy (non-hydrogen) atoms. The zero-order valence-electron chi connectivity index (χ0n) is 15.0. The average Bonchev–Trinajstić information content (AvgIpc) is 3.06. The summed E-state index contributed by atoms with van der Waals surface area (Å²) in [4.78, 5) is 26.0. The van der Waals surface area contributed by atoms with Gasteiger partial charge in [-0.05, 0) is 35.2 Å². The van der Waals surface area contributed by atoms with Crippen molar-refractivity contribution in [2.75, 3.05) is 13.7 Å². The van der Waals surface area contributed by atoms with Gasteiger partial charge in [-0.25, -0.2) is 0 Å². The van der Waals surface area contributed by atoms with Crippen LogP contribution in [0.4, 0.5) is 0 Å². The molecule has 0 aliphatic carbocycles. The maximum Gasteiger partial charge on any atom is 0.251 e. The molecule has 2 amide bonds. The molecule has 0 saturated carbocycles. The summed E-state index contributed by atoms with van der Waals surface area (Å²) in [5, 5.41) is 2.95. The first-order chi connectivity index (χ1) is 12.7. The van der Waals surface area contributed by atoms with Gasteiger partial charge in [-0.3, -0.25) is 9.59 Å². The number of benzene rings is 2. The lowest BCUT2D eigenvalue weighted by molar-refractivity contribution is -0.128. The van der Waals surface area contributed by atoms with Gasteiger partial charge >= 0.3 is 0 Å². The minimum Gasteiger partial charge on any atom is -0.380 e. The second kappa shape index (κ2) is 8.63. The highest BCUT2D eigenvalue weighted by atomic mass is 16.5. The predicted octanol–water partition coefficient (Wildman–Crippen LogP) is 2.89. The molecule has 5 nitrogen and oxygen atoms in total. The molecule has 1 aliphatic heterocycles. The van der Waals surface area contributed by atoms with Crippen LogP contribution >= 0.6 is 0 Å². The molecule has 0 bridgehead atoms. The second-order valence-electron chi connectivity index (χ2n) is 6.55. The van der Waals surface area contributed by atoms with E-state index < -0.39 is 0 Å². The zero-order chi connectivity index (χ0) is 18.4. The molecule has 3 rings (SSSR count). The van der Waals surface area contributed by atoms with Gasteiger partial charge in [0.25, 0.3) is 5.91 Å². The van der Waals surface area contributed by atoms with Crippen molar-refractivity contribution in [3.63, 3.8) is 0 Å². The molecule has 2 aromatic carbocycles. The number of rotatable bonds is 7. The van der Waals surface area contributed by atoms with Crippen molar-refractivity contribution in [2.24, 2.45) is 0 Å². The maximum atomic E-state index is 12.4. The summed E-state index contributed by atoms with van der Waals surface area (Å²) in [6.07, 6.45) is 1.55. The first kappa shape index (κ1) is 18.1. The topological polar surface area (TPSA) is 58.6 Å². The fraction of sp³-hybridized carbons (Fsp3) is 0.333. The van der Waals surface area contributed by atoms with Crippen molar-refractivity contribution in [3.05, 3.63) is 70.8 Å². The van der Waals surface area contributed by atoms with Gasteiger partial charge in [-0.2, -0.15) is 0 Å². The molecule has 1 fully saturated rings.